The summed E-state index contributed by atoms with van der Waals surface area (Å²) in [5.41, 5.74) is 0.128. The Labute approximate surface area is 148 Å². The quantitative estimate of drug-likeness (QED) is 0.136. The Morgan fingerprint density at radius 2 is 1.40 bits per heavy atom. The van der Waals surface area contributed by atoms with Crippen molar-refractivity contribution in [1.29, 1.82) is 0 Å². The highest BCUT2D eigenvalue weighted by Crippen LogP contribution is 2.10. The third-order valence-corrected chi connectivity index (χ3v) is 3.72. The van der Waals surface area contributed by atoms with Crippen LogP contribution in [0.25, 0.3) is 0 Å². The smallest absolute Gasteiger partial charge is 0.246 e. The third-order valence-electron chi connectivity index (χ3n) is 3.72. The molecule has 0 spiro atoms. The lowest BCUT2D eigenvalue weighted by atomic mass is 10.1. The zero-order valence-electron chi connectivity index (χ0n) is 14.9. The summed E-state index contributed by atoms with van der Waals surface area (Å²) in [6, 6.07) is 0. The third kappa shape index (κ3) is 12.7. The first-order valence-electron chi connectivity index (χ1n) is 8.78. The van der Waals surface area contributed by atoms with E-state index in [-0.39, 0.29) is 24.2 Å². The molecule has 0 aromatic heterocycles. The molecule has 0 N–H and O–H groups in total. The van der Waals surface area contributed by atoms with Gasteiger partial charge in [-0.3, -0.25) is 20.2 Å². The van der Waals surface area contributed by atoms with Crippen LogP contribution >= 0.6 is 0 Å². The molecular formula is C18H28N2O5. The van der Waals surface area contributed by atoms with Crippen molar-refractivity contribution in [3.63, 3.8) is 0 Å². The maximum atomic E-state index is 11.0. The number of nitro groups is 2. The number of hydrogen-bond acceptors (Lipinski definition) is 5. The van der Waals surface area contributed by atoms with Gasteiger partial charge >= 0.3 is 0 Å². The largest absolute Gasteiger partial charge is 0.303 e. The highest BCUT2D eigenvalue weighted by molar-refractivity contribution is 5.48. The molecule has 0 aliphatic heterocycles. The number of unbranched alkanes of at least 4 members (excludes halogenated alkanes) is 6. The summed E-state index contributed by atoms with van der Waals surface area (Å²) in [4.78, 5) is 30.9. The van der Waals surface area contributed by atoms with Crippen LogP contribution in [0.3, 0.4) is 0 Å². The molecule has 0 aromatic carbocycles. The Balaban J connectivity index is 4.15. The fraction of sp³-hybridized carbons (Fsp3) is 0.611. The molecule has 0 amide bonds. The second-order valence-corrected chi connectivity index (χ2v) is 5.68. The fourth-order valence-electron chi connectivity index (χ4n) is 2.25. The van der Waals surface area contributed by atoms with Crippen molar-refractivity contribution < 1.29 is 14.6 Å². The topological polar surface area (TPSA) is 103 Å². The molecule has 7 nitrogen and oxygen atoms in total. The summed E-state index contributed by atoms with van der Waals surface area (Å²) < 4.78 is 0. The molecule has 0 rings (SSSR count). The van der Waals surface area contributed by atoms with E-state index in [4.69, 9.17) is 0 Å². The van der Waals surface area contributed by atoms with Gasteiger partial charge in [0.05, 0.1) is 16.3 Å². The van der Waals surface area contributed by atoms with E-state index >= 15 is 0 Å². The number of aldehydes is 1. The Kier molecular flexibility index (Phi) is 13.8. The molecule has 0 unspecified atom stereocenters. The van der Waals surface area contributed by atoms with E-state index in [1.54, 1.807) is 13.0 Å². The minimum Gasteiger partial charge on any atom is -0.303 e. The fourth-order valence-corrected chi connectivity index (χ4v) is 2.25. The second-order valence-electron chi connectivity index (χ2n) is 5.68. The van der Waals surface area contributed by atoms with Crippen LogP contribution in [0.2, 0.25) is 0 Å². The Bertz CT molecular complexity index is 510. The molecule has 0 aromatic rings. The number of nitrogens with zero attached hydrogens (tertiary/aromatic N) is 2. The monoisotopic (exact) mass is 352 g/mol. The molecule has 0 aliphatic carbocycles. The maximum Gasteiger partial charge on any atom is 0.246 e. The van der Waals surface area contributed by atoms with Gasteiger partial charge < -0.3 is 4.79 Å². The minimum absolute atomic E-state index is 0.0557. The van der Waals surface area contributed by atoms with Gasteiger partial charge in [0.25, 0.3) is 0 Å². The summed E-state index contributed by atoms with van der Waals surface area (Å²) >= 11 is 0. The van der Waals surface area contributed by atoms with Crippen LogP contribution < -0.4 is 0 Å². The molecule has 0 bridgehead atoms. The standard InChI is InChI=1S/C18H28N2O5/c1-2-17(19(22)23)14-12-15-18(20(24)25)13-10-8-6-4-3-5-7-9-11-16-21/h8,10,14-16H,2-7,9,11-13H2,1H3/b10-8-,17-14+,18-15+. The van der Waals surface area contributed by atoms with Crippen molar-refractivity contribution >= 4 is 6.29 Å². The molecule has 25 heavy (non-hydrogen) atoms. The molecule has 0 radical (unpaired) electrons. The van der Waals surface area contributed by atoms with Gasteiger partial charge in [-0.15, -0.1) is 0 Å². The molecule has 140 valence electrons. The maximum absolute atomic E-state index is 11.0. The van der Waals surface area contributed by atoms with Gasteiger partial charge in [-0.25, -0.2) is 0 Å². The van der Waals surface area contributed by atoms with Gasteiger partial charge in [0.1, 0.15) is 6.29 Å². The van der Waals surface area contributed by atoms with Crippen LogP contribution in [0, 0.1) is 20.2 Å². The molecular weight excluding hydrogens is 324 g/mol. The summed E-state index contributed by atoms with van der Waals surface area (Å²) in [5.74, 6) is 0. The summed E-state index contributed by atoms with van der Waals surface area (Å²) in [7, 11) is 0. The van der Waals surface area contributed by atoms with E-state index in [1.807, 2.05) is 6.08 Å². The average molecular weight is 352 g/mol. The van der Waals surface area contributed by atoms with Crippen LogP contribution in [0.4, 0.5) is 0 Å². The number of carbonyl (C=O) groups excluding carboxylic acids is 1. The molecule has 0 aliphatic rings. The zero-order chi connectivity index (χ0) is 18.9. The molecule has 7 heteroatoms. The van der Waals surface area contributed by atoms with Gasteiger partial charge in [0.15, 0.2) is 0 Å². The molecule has 0 saturated heterocycles. The van der Waals surface area contributed by atoms with Crippen LogP contribution in [0.1, 0.15) is 71.1 Å². The average Bonchev–Trinajstić information content (AvgIpc) is 2.57. The van der Waals surface area contributed by atoms with E-state index in [1.165, 1.54) is 12.2 Å². The highest BCUT2D eigenvalue weighted by Gasteiger charge is 2.09. The normalized spacial score (nSPS) is 12.5. The first-order valence-corrected chi connectivity index (χ1v) is 8.78. The molecule has 0 heterocycles. The lowest BCUT2D eigenvalue weighted by Gasteiger charge is -1.97. The summed E-state index contributed by atoms with van der Waals surface area (Å²) in [6.45, 7) is 1.68. The lowest BCUT2D eigenvalue weighted by Crippen LogP contribution is -1.99. The van der Waals surface area contributed by atoms with Crippen molar-refractivity contribution in [1.82, 2.24) is 0 Å². The predicted molar refractivity (Wildman–Crippen MR) is 97.2 cm³/mol. The van der Waals surface area contributed by atoms with Crippen LogP contribution in [0.15, 0.2) is 35.7 Å². The predicted octanol–water partition coefficient (Wildman–Crippen LogP) is 4.98. The van der Waals surface area contributed by atoms with Crippen molar-refractivity contribution in [3.05, 3.63) is 55.9 Å². The number of carbonyl (C=O) groups is 1. The van der Waals surface area contributed by atoms with Crippen LogP contribution in [0.5, 0.6) is 0 Å². The van der Waals surface area contributed by atoms with Gasteiger partial charge in [0.2, 0.25) is 11.4 Å². The number of hydrogen-bond donors (Lipinski definition) is 0. The van der Waals surface area contributed by atoms with Gasteiger partial charge in [-0.05, 0) is 37.8 Å². The van der Waals surface area contributed by atoms with Crippen molar-refractivity contribution in [2.75, 3.05) is 0 Å². The van der Waals surface area contributed by atoms with E-state index in [0.717, 1.165) is 44.8 Å². The Morgan fingerprint density at radius 1 is 0.840 bits per heavy atom. The first-order chi connectivity index (χ1) is 12.0. The van der Waals surface area contributed by atoms with Gasteiger partial charge in [-0.2, -0.15) is 0 Å². The molecule has 0 saturated carbocycles. The van der Waals surface area contributed by atoms with Crippen LogP contribution in [-0.2, 0) is 4.79 Å². The minimum atomic E-state index is -0.460. The van der Waals surface area contributed by atoms with Gasteiger partial charge in [0, 0.05) is 12.8 Å². The van der Waals surface area contributed by atoms with E-state index < -0.39 is 9.85 Å². The van der Waals surface area contributed by atoms with Crippen LogP contribution in [-0.4, -0.2) is 16.1 Å². The highest BCUT2D eigenvalue weighted by atomic mass is 16.6. The van der Waals surface area contributed by atoms with Gasteiger partial charge in [-0.1, -0.05) is 38.3 Å². The Morgan fingerprint density at radius 3 is 1.96 bits per heavy atom. The van der Waals surface area contributed by atoms with Crippen molar-refractivity contribution in [2.24, 2.45) is 0 Å². The van der Waals surface area contributed by atoms with E-state index in [2.05, 4.69) is 0 Å². The summed E-state index contributed by atoms with van der Waals surface area (Å²) in [6.07, 6.45) is 14.9. The van der Waals surface area contributed by atoms with Crippen molar-refractivity contribution in [2.45, 2.75) is 71.1 Å². The number of allylic oxidation sites excluding steroid dienone is 5. The molecule has 0 atom stereocenters. The zero-order valence-corrected chi connectivity index (χ0v) is 14.9. The van der Waals surface area contributed by atoms with E-state index in [9.17, 15) is 25.0 Å². The number of rotatable bonds is 15. The second kappa shape index (κ2) is 15.2. The van der Waals surface area contributed by atoms with E-state index in [0.29, 0.717) is 12.8 Å². The summed E-state index contributed by atoms with van der Waals surface area (Å²) in [5, 5.41) is 21.7. The lowest BCUT2D eigenvalue weighted by molar-refractivity contribution is -0.428. The molecule has 0 fully saturated rings. The SMILES string of the molecule is CC/C(=C\C/C=C(\C/C=C\CCCCCCCC=O)[N+](=O)[O-])[N+](=O)[O-]. The van der Waals surface area contributed by atoms with Crippen molar-refractivity contribution in [3.8, 4) is 0 Å². The first kappa shape index (κ1) is 22.7. The Hall–Kier alpha value is -2.31.